The lowest BCUT2D eigenvalue weighted by molar-refractivity contribution is -0.0610. The van der Waals surface area contributed by atoms with Crippen LogP contribution in [0.3, 0.4) is 0 Å². The summed E-state index contributed by atoms with van der Waals surface area (Å²) >= 11 is 0. The van der Waals surface area contributed by atoms with Gasteiger partial charge in [-0.15, -0.1) is 0 Å². The van der Waals surface area contributed by atoms with Crippen LogP contribution >= 0.6 is 0 Å². The van der Waals surface area contributed by atoms with Crippen LogP contribution in [0.5, 0.6) is 0 Å². The number of rotatable bonds is 0. The van der Waals surface area contributed by atoms with Crippen molar-refractivity contribution in [3.05, 3.63) is 11.6 Å². The smallest absolute Gasteiger partial charge is 0.0543 e. The molecule has 118 valence electrons. The standard InChI is InChI=1S/C20H32O/c1-3-14-5-9-19-18-7-4-13-12-15(21)6-8-16(13)17(18)10-11-20(14,19)2/h3,13,15-19,21H,4-12H2,1-2H3/t13-,15?,16+,17-,18-,19+,20-/m1/s1. The van der Waals surface area contributed by atoms with Gasteiger partial charge >= 0.3 is 0 Å². The molecule has 0 saturated heterocycles. The Morgan fingerprint density at radius 1 is 1.00 bits per heavy atom. The van der Waals surface area contributed by atoms with Crippen LogP contribution in [-0.2, 0) is 0 Å². The van der Waals surface area contributed by atoms with E-state index in [4.69, 9.17) is 0 Å². The third-order valence-corrected chi connectivity index (χ3v) is 8.12. The van der Waals surface area contributed by atoms with Crippen LogP contribution in [0.1, 0.15) is 71.6 Å². The van der Waals surface area contributed by atoms with E-state index in [0.29, 0.717) is 5.41 Å². The molecular formula is C20H32O. The molecule has 0 aromatic heterocycles. The predicted octanol–water partition coefficient (Wildman–Crippen LogP) is 4.95. The zero-order valence-corrected chi connectivity index (χ0v) is 13.9. The van der Waals surface area contributed by atoms with Gasteiger partial charge < -0.3 is 5.11 Å². The van der Waals surface area contributed by atoms with E-state index >= 15 is 0 Å². The van der Waals surface area contributed by atoms with Crippen molar-refractivity contribution in [2.45, 2.75) is 77.7 Å². The first-order valence-corrected chi connectivity index (χ1v) is 9.47. The van der Waals surface area contributed by atoms with Gasteiger partial charge in [-0.05, 0) is 99.7 Å². The fourth-order valence-electron chi connectivity index (χ4n) is 7.15. The Kier molecular flexibility index (Phi) is 3.48. The summed E-state index contributed by atoms with van der Waals surface area (Å²) in [5, 5.41) is 9.99. The SMILES string of the molecule is CC=C1CC[C@H]2[C@@H]3CC[C@@H]4CC(O)CC[C@@H]4[C@H]3CC[C@]12C. The summed E-state index contributed by atoms with van der Waals surface area (Å²) in [6.45, 7) is 4.83. The first-order valence-electron chi connectivity index (χ1n) is 9.47. The second-order valence-corrected chi connectivity index (χ2v) is 8.71. The average Bonchev–Trinajstić information content (AvgIpc) is 2.83. The van der Waals surface area contributed by atoms with Gasteiger partial charge in [0.25, 0.3) is 0 Å². The highest BCUT2D eigenvalue weighted by Crippen LogP contribution is 2.63. The summed E-state index contributed by atoms with van der Waals surface area (Å²) in [5.41, 5.74) is 2.31. The largest absolute Gasteiger partial charge is 0.393 e. The second-order valence-electron chi connectivity index (χ2n) is 8.71. The third-order valence-electron chi connectivity index (χ3n) is 8.12. The van der Waals surface area contributed by atoms with Gasteiger partial charge in [-0.25, -0.2) is 0 Å². The van der Waals surface area contributed by atoms with E-state index in [9.17, 15) is 5.11 Å². The van der Waals surface area contributed by atoms with E-state index in [-0.39, 0.29) is 6.10 Å². The Morgan fingerprint density at radius 2 is 1.81 bits per heavy atom. The lowest BCUT2D eigenvalue weighted by atomic mass is 9.50. The zero-order chi connectivity index (χ0) is 14.6. The van der Waals surface area contributed by atoms with Crippen molar-refractivity contribution in [3.63, 3.8) is 0 Å². The highest BCUT2D eigenvalue weighted by atomic mass is 16.3. The molecule has 4 saturated carbocycles. The Labute approximate surface area is 130 Å². The minimum absolute atomic E-state index is 0.0118. The van der Waals surface area contributed by atoms with E-state index in [0.717, 1.165) is 42.4 Å². The topological polar surface area (TPSA) is 20.2 Å². The predicted molar refractivity (Wildman–Crippen MR) is 86.9 cm³/mol. The quantitative estimate of drug-likeness (QED) is 0.626. The van der Waals surface area contributed by atoms with Gasteiger partial charge in [-0.2, -0.15) is 0 Å². The summed E-state index contributed by atoms with van der Waals surface area (Å²) in [4.78, 5) is 0. The molecule has 0 spiro atoms. The molecule has 21 heavy (non-hydrogen) atoms. The number of hydrogen-bond donors (Lipinski definition) is 1. The van der Waals surface area contributed by atoms with Crippen molar-refractivity contribution in [2.75, 3.05) is 0 Å². The first-order chi connectivity index (χ1) is 10.1. The molecular weight excluding hydrogens is 256 g/mol. The van der Waals surface area contributed by atoms with Crippen molar-refractivity contribution >= 4 is 0 Å². The number of allylic oxidation sites excluding steroid dienone is 2. The van der Waals surface area contributed by atoms with Gasteiger partial charge in [0.2, 0.25) is 0 Å². The molecule has 0 aliphatic heterocycles. The van der Waals surface area contributed by atoms with Gasteiger partial charge in [0.05, 0.1) is 6.10 Å². The normalized spacial score (nSPS) is 54.9. The molecule has 1 unspecified atom stereocenters. The molecule has 0 aromatic carbocycles. The van der Waals surface area contributed by atoms with E-state index in [1.165, 1.54) is 44.9 Å². The summed E-state index contributed by atoms with van der Waals surface area (Å²) in [6, 6.07) is 0. The fraction of sp³-hybridized carbons (Fsp3) is 0.900. The monoisotopic (exact) mass is 288 g/mol. The van der Waals surface area contributed by atoms with Gasteiger partial charge in [0, 0.05) is 0 Å². The summed E-state index contributed by atoms with van der Waals surface area (Å²) < 4.78 is 0. The molecule has 1 heteroatoms. The molecule has 7 atom stereocenters. The van der Waals surface area contributed by atoms with Gasteiger partial charge in [0.15, 0.2) is 0 Å². The Morgan fingerprint density at radius 3 is 2.62 bits per heavy atom. The summed E-state index contributed by atoms with van der Waals surface area (Å²) in [7, 11) is 0. The first kappa shape index (κ1) is 14.3. The highest BCUT2D eigenvalue weighted by Gasteiger charge is 2.54. The number of fused-ring (bicyclic) bond motifs is 5. The maximum atomic E-state index is 9.99. The van der Waals surface area contributed by atoms with Gasteiger partial charge in [-0.1, -0.05) is 18.6 Å². The second kappa shape index (κ2) is 5.11. The van der Waals surface area contributed by atoms with Crippen molar-refractivity contribution in [2.24, 2.45) is 35.0 Å². The molecule has 0 bridgehead atoms. The van der Waals surface area contributed by atoms with Crippen molar-refractivity contribution in [3.8, 4) is 0 Å². The van der Waals surface area contributed by atoms with Crippen molar-refractivity contribution in [1.82, 2.24) is 0 Å². The van der Waals surface area contributed by atoms with Crippen molar-refractivity contribution < 1.29 is 5.11 Å². The van der Waals surface area contributed by atoms with Gasteiger partial charge in [0.1, 0.15) is 0 Å². The molecule has 4 aliphatic rings. The molecule has 4 fully saturated rings. The van der Waals surface area contributed by atoms with E-state index in [1.54, 1.807) is 5.57 Å². The molecule has 4 rings (SSSR count). The van der Waals surface area contributed by atoms with Crippen LogP contribution in [0, 0.1) is 35.0 Å². The molecule has 0 aromatic rings. The van der Waals surface area contributed by atoms with Crippen LogP contribution in [0.25, 0.3) is 0 Å². The highest BCUT2D eigenvalue weighted by molar-refractivity contribution is 5.23. The molecule has 4 aliphatic carbocycles. The van der Waals surface area contributed by atoms with Crippen LogP contribution in [0.15, 0.2) is 11.6 Å². The van der Waals surface area contributed by atoms with E-state index in [2.05, 4.69) is 19.9 Å². The molecule has 0 heterocycles. The van der Waals surface area contributed by atoms with Crippen LogP contribution in [0.2, 0.25) is 0 Å². The molecule has 1 nitrogen and oxygen atoms in total. The third kappa shape index (κ3) is 2.06. The maximum Gasteiger partial charge on any atom is 0.0543 e. The van der Waals surface area contributed by atoms with Crippen LogP contribution in [0.4, 0.5) is 0 Å². The molecule has 1 N–H and O–H groups in total. The van der Waals surface area contributed by atoms with Crippen molar-refractivity contribution in [1.29, 1.82) is 0 Å². The lowest BCUT2D eigenvalue weighted by Gasteiger charge is -2.55. The number of hydrogen-bond acceptors (Lipinski definition) is 1. The minimum Gasteiger partial charge on any atom is -0.393 e. The van der Waals surface area contributed by atoms with Crippen LogP contribution < -0.4 is 0 Å². The Bertz CT molecular complexity index is 439. The summed E-state index contributed by atoms with van der Waals surface area (Å²) in [6.07, 6.45) is 14.5. The molecule has 0 radical (unpaired) electrons. The zero-order valence-electron chi connectivity index (χ0n) is 13.9. The van der Waals surface area contributed by atoms with E-state index in [1.807, 2.05) is 0 Å². The molecule has 0 amide bonds. The number of aliphatic hydroxyl groups is 1. The van der Waals surface area contributed by atoms with Crippen LogP contribution in [-0.4, -0.2) is 11.2 Å². The summed E-state index contributed by atoms with van der Waals surface area (Å²) in [5.74, 6) is 4.76. The van der Waals surface area contributed by atoms with Gasteiger partial charge in [-0.3, -0.25) is 0 Å². The number of aliphatic hydroxyl groups excluding tert-OH is 1. The Balaban J connectivity index is 1.58. The fourth-order valence-corrected chi connectivity index (χ4v) is 7.15. The Hall–Kier alpha value is -0.300. The maximum absolute atomic E-state index is 9.99. The average molecular weight is 288 g/mol. The minimum atomic E-state index is 0.0118. The lowest BCUT2D eigenvalue weighted by Crippen LogP contribution is -2.48. The van der Waals surface area contributed by atoms with E-state index < -0.39 is 0 Å².